The van der Waals surface area contributed by atoms with Gasteiger partial charge in [-0.3, -0.25) is 0 Å². The smallest absolute Gasteiger partial charge is 0.315 e. The van der Waals surface area contributed by atoms with Crippen LogP contribution in [0.1, 0.15) is 32.4 Å². The largest absolute Gasteiger partial charge is 0.387 e. The lowest BCUT2D eigenvalue weighted by Crippen LogP contribution is -2.47. The summed E-state index contributed by atoms with van der Waals surface area (Å²) in [6, 6.07) is 5.18. The fourth-order valence-electron chi connectivity index (χ4n) is 1.38. The van der Waals surface area contributed by atoms with Gasteiger partial charge < -0.3 is 15.7 Å². The van der Waals surface area contributed by atoms with Crippen LogP contribution in [0.5, 0.6) is 0 Å². The van der Waals surface area contributed by atoms with E-state index in [1.807, 2.05) is 20.8 Å². The summed E-state index contributed by atoms with van der Waals surface area (Å²) < 4.78 is 12.7. The van der Waals surface area contributed by atoms with Gasteiger partial charge in [-0.1, -0.05) is 12.1 Å². The monoisotopic (exact) mass is 254 g/mol. The van der Waals surface area contributed by atoms with Gasteiger partial charge in [0.15, 0.2) is 0 Å². The van der Waals surface area contributed by atoms with E-state index in [1.165, 1.54) is 24.3 Å². The van der Waals surface area contributed by atoms with E-state index in [1.54, 1.807) is 0 Å². The molecule has 5 heteroatoms. The number of aliphatic hydroxyl groups is 1. The molecule has 18 heavy (non-hydrogen) atoms. The van der Waals surface area contributed by atoms with Crippen LogP contribution in [-0.4, -0.2) is 23.2 Å². The molecule has 0 heterocycles. The second-order valence-electron chi connectivity index (χ2n) is 5.15. The summed E-state index contributed by atoms with van der Waals surface area (Å²) in [6.07, 6.45) is -0.851. The van der Waals surface area contributed by atoms with Crippen molar-refractivity contribution in [2.45, 2.75) is 32.4 Å². The molecule has 0 aliphatic carbocycles. The molecule has 1 rings (SSSR count). The topological polar surface area (TPSA) is 61.4 Å². The number of rotatable bonds is 3. The maximum atomic E-state index is 12.7. The number of hydrogen-bond acceptors (Lipinski definition) is 2. The Morgan fingerprint density at radius 2 is 1.89 bits per heavy atom. The van der Waals surface area contributed by atoms with Crippen molar-refractivity contribution in [2.24, 2.45) is 0 Å². The second-order valence-corrected chi connectivity index (χ2v) is 5.15. The second kappa shape index (κ2) is 5.82. The molecule has 1 unspecified atom stereocenters. The van der Waals surface area contributed by atoms with Crippen molar-refractivity contribution in [2.75, 3.05) is 6.54 Å². The molecule has 0 aromatic heterocycles. The molecule has 0 bridgehead atoms. The zero-order valence-electron chi connectivity index (χ0n) is 10.8. The fraction of sp³-hybridized carbons (Fsp3) is 0.462. The van der Waals surface area contributed by atoms with Crippen molar-refractivity contribution in [1.82, 2.24) is 10.6 Å². The highest BCUT2D eigenvalue weighted by molar-refractivity contribution is 5.74. The van der Waals surface area contributed by atoms with Gasteiger partial charge in [-0.15, -0.1) is 0 Å². The Hall–Kier alpha value is -1.62. The van der Waals surface area contributed by atoms with Crippen LogP contribution < -0.4 is 10.6 Å². The van der Waals surface area contributed by atoms with Crippen LogP contribution in [0.4, 0.5) is 9.18 Å². The Balaban J connectivity index is 2.44. The summed E-state index contributed by atoms with van der Waals surface area (Å²) >= 11 is 0. The number of urea groups is 1. The minimum Gasteiger partial charge on any atom is -0.387 e. The Labute approximate surface area is 106 Å². The van der Waals surface area contributed by atoms with Crippen LogP contribution in [0, 0.1) is 5.82 Å². The first-order chi connectivity index (χ1) is 8.28. The summed E-state index contributed by atoms with van der Waals surface area (Å²) in [5, 5.41) is 15.1. The molecule has 0 fully saturated rings. The van der Waals surface area contributed by atoms with Gasteiger partial charge in [0, 0.05) is 12.1 Å². The lowest BCUT2D eigenvalue weighted by molar-refractivity contribution is 0.171. The van der Waals surface area contributed by atoms with Crippen molar-refractivity contribution in [3.05, 3.63) is 35.6 Å². The van der Waals surface area contributed by atoms with Crippen molar-refractivity contribution in [3.8, 4) is 0 Å². The first-order valence-electron chi connectivity index (χ1n) is 5.77. The minimum atomic E-state index is -0.851. The molecular weight excluding hydrogens is 235 g/mol. The first-order valence-corrected chi connectivity index (χ1v) is 5.77. The summed E-state index contributed by atoms with van der Waals surface area (Å²) in [5.41, 5.74) is 0.234. The number of carbonyl (C=O) groups excluding carboxylic acids is 1. The van der Waals surface area contributed by atoms with E-state index in [2.05, 4.69) is 10.6 Å². The summed E-state index contributed by atoms with van der Waals surface area (Å²) in [6.45, 7) is 5.67. The third-order valence-corrected chi connectivity index (χ3v) is 2.20. The SMILES string of the molecule is CC(C)(C)NC(=O)NCC(O)c1ccc(F)cc1. The van der Waals surface area contributed by atoms with Crippen molar-refractivity contribution in [1.29, 1.82) is 0 Å². The predicted octanol–water partition coefficient (Wildman–Crippen LogP) is 1.96. The summed E-state index contributed by atoms with van der Waals surface area (Å²) in [4.78, 5) is 11.5. The van der Waals surface area contributed by atoms with Gasteiger partial charge in [0.2, 0.25) is 0 Å². The van der Waals surface area contributed by atoms with Crippen LogP contribution in [0.15, 0.2) is 24.3 Å². The van der Waals surface area contributed by atoms with Crippen LogP contribution in [-0.2, 0) is 0 Å². The molecule has 4 nitrogen and oxygen atoms in total. The van der Waals surface area contributed by atoms with Gasteiger partial charge in [0.05, 0.1) is 6.10 Å². The number of nitrogens with one attached hydrogen (secondary N) is 2. The van der Waals surface area contributed by atoms with Gasteiger partial charge in [0.1, 0.15) is 5.82 Å². The fourth-order valence-corrected chi connectivity index (χ4v) is 1.38. The molecule has 1 atom stereocenters. The Kier molecular flexibility index (Phi) is 4.67. The lowest BCUT2D eigenvalue weighted by atomic mass is 10.1. The highest BCUT2D eigenvalue weighted by Gasteiger charge is 2.14. The van der Waals surface area contributed by atoms with Gasteiger partial charge in [-0.2, -0.15) is 0 Å². The molecule has 0 spiro atoms. The lowest BCUT2D eigenvalue weighted by Gasteiger charge is -2.21. The molecule has 0 aliphatic rings. The predicted molar refractivity (Wildman–Crippen MR) is 67.6 cm³/mol. The number of halogens is 1. The first kappa shape index (κ1) is 14.4. The summed E-state index contributed by atoms with van der Waals surface area (Å²) in [7, 11) is 0. The number of benzene rings is 1. The molecule has 2 amide bonds. The molecule has 0 aliphatic heterocycles. The van der Waals surface area contributed by atoms with E-state index < -0.39 is 6.10 Å². The number of carbonyl (C=O) groups is 1. The van der Waals surface area contributed by atoms with Crippen LogP contribution in [0.3, 0.4) is 0 Å². The Morgan fingerprint density at radius 3 is 2.39 bits per heavy atom. The number of hydrogen-bond donors (Lipinski definition) is 3. The van der Waals surface area contributed by atoms with Gasteiger partial charge in [0.25, 0.3) is 0 Å². The number of aliphatic hydroxyl groups excluding tert-OH is 1. The zero-order chi connectivity index (χ0) is 13.8. The highest BCUT2D eigenvalue weighted by Crippen LogP contribution is 2.12. The molecule has 100 valence electrons. The average Bonchev–Trinajstić information content (AvgIpc) is 2.24. The van der Waals surface area contributed by atoms with E-state index in [-0.39, 0.29) is 23.9 Å². The summed E-state index contributed by atoms with van der Waals surface area (Å²) in [5.74, 6) is -0.357. The van der Waals surface area contributed by atoms with Crippen molar-refractivity contribution < 1.29 is 14.3 Å². The molecule has 0 saturated carbocycles. The van der Waals surface area contributed by atoms with Gasteiger partial charge in [-0.25, -0.2) is 9.18 Å². The molecule has 0 saturated heterocycles. The third kappa shape index (κ3) is 5.14. The van der Waals surface area contributed by atoms with E-state index in [0.717, 1.165) is 0 Å². The quantitative estimate of drug-likeness (QED) is 0.772. The maximum Gasteiger partial charge on any atom is 0.315 e. The standard InChI is InChI=1S/C13H19FN2O2/c1-13(2,3)16-12(18)15-8-11(17)9-4-6-10(14)7-5-9/h4-7,11,17H,8H2,1-3H3,(H2,15,16,18). The number of amides is 2. The molecule has 0 radical (unpaired) electrons. The third-order valence-electron chi connectivity index (χ3n) is 2.20. The van der Waals surface area contributed by atoms with Crippen molar-refractivity contribution >= 4 is 6.03 Å². The van der Waals surface area contributed by atoms with Crippen molar-refractivity contribution in [3.63, 3.8) is 0 Å². The average molecular weight is 254 g/mol. The Morgan fingerprint density at radius 1 is 1.33 bits per heavy atom. The van der Waals surface area contributed by atoms with Crippen LogP contribution in [0.2, 0.25) is 0 Å². The van der Waals surface area contributed by atoms with E-state index in [4.69, 9.17) is 0 Å². The minimum absolute atomic E-state index is 0.0769. The van der Waals surface area contributed by atoms with E-state index >= 15 is 0 Å². The Bertz CT molecular complexity index is 398. The zero-order valence-corrected chi connectivity index (χ0v) is 10.8. The van der Waals surface area contributed by atoms with E-state index in [0.29, 0.717) is 5.56 Å². The normalized spacial score (nSPS) is 12.9. The molecule has 3 N–H and O–H groups in total. The maximum absolute atomic E-state index is 12.7. The highest BCUT2D eigenvalue weighted by atomic mass is 19.1. The van der Waals surface area contributed by atoms with Gasteiger partial charge in [-0.05, 0) is 38.5 Å². The molecular formula is C13H19FN2O2. The van der Waals surface area contributed by atoms with Gasteiger partial charge >= 0.3 is 6.03 Å². The molecule has 1 aromatic carbocycles. The van der Waals surface area contributed by atoms with Crippen LogP contribution in [0.25, 0.3) is 0 Å². The molecule has 1 aromatic rings. The van der Waals surface area contributed by atoms with Crippen LogP contribution >= 0.6 is 0 Å². The van der Waals surface area contributed by atoms with E-state index in [9.17, 15) is 14.3 Å².